The minimum Gasteiger partial charge on any atom is -0.461 e. The number of benzene rings is 1. The van der Waals surface area contributed by atoms with Gasteiger partial charge in [-0.15, -0.1) is 0 Å². The minimum atomic E-state index is -0.448. The summed E-state index contributed by atoms with van der Waals surface area (Å²) < 4.78 is 10.5. The molecule has 0 bridgehead atoms. The summed E-state index contributed by atoms with van der Waals surface area (Å²) >= 11 is 0. The van der Waals surface area contributed by atoms with Gasteiger partial charge in [0.25, 0.3) is 0 Å². The van der Waals surface area contributed by atoms with Gasteiger partial charge < -0.3 is 9.47 Å². The molecule has 0 unspecified atom stereocenters. The lowest BCUT2D eigenvalue weighted by Gasteiger charge is -2.19. The highest BCUT2D eigenvalue weighted by molar-refractivity contribution is 5.72. The summed E-state index contributed by atoms with van der Waals surface area (Å²) in [5.41, 5.74) is 0.535. The average molecular weight is 304 g/mol. The third-order valence-corrected chi connectivity index (χ3v) is 3.59. The molecule has 22 heavy (non-hydrogen) atoms. The van der Waals surface area contributed by atoms with Gasteiger partial charge in [-0.2, -0.15) is 0 Å². The lowest BCUT2D eigenvalue weighted by atomic mass is 10.1. The molecule has 0 spiro atoms. The quantitative estimate of drug-likeness (QED) is 0.755. The van der Waals surface area contributed by atoms with E-state index in [0.717, 1.165) is 12.0 Å². The van der Waals surface area contributed by atoms with E-state index in [-0.39, 0.29) is 23.8 Å². The van der Waals surface area contributed by atoms with Crippen molar-refractivity contribution in [3.63, 3.8) is 0 Å². The topological polar surface area (TPSA) is 52.6 Å². The molecule has 1 fully saturated rings. The summed E-state index contributed by atoms with van der Waals surface area (Å²) in [6, 6.07) is 9.62. The number of hydrogen-bond acceptors (Lipinski definition) is 4. The van der Waals surface area contributed by atoms with Crippen molar-refractivity contribution < 1.29 is 19.1 Å². The maximum absolute atomic E-state index is 11.8. The number of ether oxygens (including phenoxy) is 2. The molecule has 2 atom stereocenters. The van der Waals surface area contributed by atoms with Crippen LogP contribution in [0.15, 0.2) is 30.3 Å². The molecular weight excluding hydrogens is 280 g/mol. The summed E-state index contributed by atoms with van der Waals surface area (Å²) in [5, 5.41) is 0. The van der Waals surface area contributed by atoms with Gasteiger partial charge in [-0.25, -0.2) is 0 Å². The molecule has 0 N–H and O–H groups in total. The van der Waals surface area contributed by atoms with Gasteiger partial charge >= 0.3 is 11.9 Å². The van der Waals surface area contributed by atoms with E-state index in [1.807, 2.05) is 51.1 Å². The Morgan fingerprint density at radius 2 is 1.64 bits per heavy atom. The molecule has 0 amide bonds. The van der Waals surface area contributed by atoms with Crippen LogP contribution in [0.25, 0.3) is 0 Å². The number of carbonyl (C=O) groups is 2. The second-order valence-corrected chi connectivity index (χ2v) is 6.90. The minimum absolute atomic E-state index is 0.183. The van der Waals surface area contributed by atoms with Crippen LogP contribution < -0.4 is 0 Å². The lowest BCUT2D eigenvalue weighted by molar-refractivity contribution is -0.155. The van der Waals surface area contributed by atoms with Crippen LogP contribution in [0.4, 0.5) is 0 Å². The third kappa shape index (κ3) is 5.88. The molecule has 0 saturated heterocycles. The van der Waals surface area contributed by atoms with Gasteiger partial charge in [0.1, 0.15) is 12.2 Å². The molecule has 0 heterocycles. The zero-order valence-electron chi connectivity index (χ0n) is 13.5. The van der Waals surface area contributed by atoms with Crippen molar-refractivity contribution in [2.75, 3.05) is 0 Å². The number of esters is 2. The summed E-state index contributed by atoms with van der Waals surface area (Å²) in [4.78, 5) is 23.5. The summed E-state index contributed by atoms with van der Waals surface area (Å²) in [7, 11) is 0. The van der Waals surface area contributed by atoms with E-state index in [9.17, 15) is 9.59 Å². The smallest absolute Gasteiger partial charge is 0.306 e. The fraction of sp³-hybridized carbons (Fsp3) is 0.556. The molecule has 1 aliphatic rings. The summed E-state index contributed by atoms with van der Waals surface area (Å²) in [5.74, 6) is 0.146. The molecule has 1 aromatic rings. The van der Waals surface area contributed by atoms with Crippen LogP contribution in [0.2, 0.25) is 0 Å². The Kier molecular flexibility index (Phi) is 5.22. The van der Waals surface area contributed by atoms with Gasteiger partial charge in [0, 0.05) is 12.8 Å². The normalized spacial score (nSPS) is 20.3. The van der Waals surface area contributed by atoms with Crippen molar-refractivity contribution in [2.45, 2.75) is 52.2 Å². The predicted octanol–water partition coefficient (Wildman–Crippen LogP) is 3.49. The van der Waals surface area contributed by atoms with E-state index in [4.69, 9.17) is 9.47 Å². The molecule has 1 aliphatic carbocycles. The maximum Gasteiger partial charge on any atom is 0.306 e. The highest BCUT2D eigenvalue weighted by Crippen LogP contribution is 2.44. The molecule has 0 aromatic heterocycles. The van der Waals surface area contributed by atoms with Gasteiger partial charge in [0.05, 0.1) is 0 Å². The van der Waals surface area contributed by atoms with Crippen molar-refractivity contribution in [1.82, 2.24) is 0 Å². The Bertz CT molecular complexity index is 516. The van der Waals surface area contributed by atoms with Crippen molar-refractivity contribution in [3.05, 3.63) is 35.9 Å². The molecule has 4 nitrogen and oxygen atoms in total. The highest BCUT2D eigenvalue weighted by Gasteiger charge is 2.41. The number of rotatable bonds is 6. The first kappa shape index (κ1) is 16.5. The highest BCUT2D eigenvalue weighted by atomic mass is 16.6. The second kappa shape index (κ2) is 6.95. The van der Waals surface area contributed by atoms with Crippen LogP contribution in [0.3, 0.4) is 0 Å². The Balaban J connectivity index is 1.64. The molecule has 4 heteroatoms. The van der Waals surface area contributed by atoms with E-state index in [1.165, 1.54) is 0 Å². The first-order valence-electron chi connectivity index (χ1n) is 7.75. The Labute approximate surface area is 131 Å². The van der Waals surface area contributed by atoms with E-state index >= 15 is 0 Å². The molecule has 0 radical (unpaired) electrons. The van der Waals surface area contributed by atoms with Crippen LogP contribution in [-0.4, -0.2) is 17.5 Å². The zero-order valence-corrected chi connectivity index (χ0v) is 13.5. The monoisotopic (exact) mass is 304 g/mol. The van der Waals surface area contributed by atoms with Gasteiger partial charge in [0.2, 0.25) is 0 Å². The summed E-state index contributed by atoms with van der Waals surface area (Å²) in [6.45, 7) is 5.88. The van der Waals surface area contributed by atoms with E-state index in [0.29, 0.717) is 19.4 Å². The average Bonchev–Trinajstić information content (AvgIpc) is 3.13. The van der Waals surface area contributed by atoms with Gasteiger partial charge in [-0.3, -0.25) is 9.59 Å². The van der Waals surface area contributed by atoms with E-state index in [1.54, 1.807) is 0 Å². The van der Waals surface area contributed by atoms with Crippen molar-refractivity contribution >= 4 is 11.9 Å². The Hall–Kier alpha value is -1.84. The fourth-order valence-electron chi connectivity index (χ4n) is 2.42. The summed E-state index contributed by atoms with van der Waals surface area (Å²) in [6.07, 6.45) is 1.69. The van der Waals surface area contributed by atoms with Crippen LogP contribution >= 0.6 is 0 Å². The largest absolute Gasteiger partial charge is 0.461 e. The van der Waals surface area contributed by atoms with Gasteiger partial charge in [-0.05, 0) is 44.6 Å². The van der Waals surface area contributed by atoms with Gasteiger partial charge in [0.15, 0.2) is 0 Å². The van der Waals surface area contributed by atoms with Crippen LogP contribution in [-0.2, 0) is 25.7 Å². The molecule has 1 aromatic carbocycles. The standard InChI is InChI=1S/C18H24O4/c1-18(2,3)22-17(20)11-15-9-14(15)10-16(19)21-12-13-7-5-4-6-8-13/h4-8,14-15H,9-12H2,1-3H3/t14-,15-/m1/s1. The van der Waals surface area contributed by atoms with E-state index < -0.39 is 5.60 Å². The molecule has 0 aliphatic heterocycles. The molecular formula is C18H24O4. The maximum atomic E-state index is 11.8. The van der Waals surface area contributed by atoms with Crippen molar-refractivity contribution in [2.24, 2.45) is 11.8 Å². The second-order valence-electron chi connectivity index (χ2n) is 6.90. The molecule has 120 valence electrons. The SMILES string of the molecule is CC(C)(C)OC(=O)C[C@H]1C[C@@H]1CC(=O)OCc1ccccc1. The lowest BCUT2D eigenvalue weighted by Crippen LogP contribution is -2.24. The molecule has 1 saturated carbocycles. The molecule has 2 rings (SSSR count). The number of hydrogen-bond donors (Lipinski definition) is 0. The first-order chi connectivity index (χ1) is 10.3. The van der Waals surface area contributed by atoms with Crippen LogP contribution in [0.5, 0.6) is 0 Å². The number of carbonyl (C=O) groups excluding carboxylic acids is 2. The Morgan fingerprint density at radius 3 is 2.23 bits per heavy atom. The van der Waals surface area contributed by atoms with Crippen LogP contribution in [0.1, 0.15) is 45.6 Å². The predicted molar refractivity (Wildman–Crippen MR) is 82.9 cm³/mol. The first-order valence-corrected chi connectivity index (χ1v) is 7.75. The van der Waals surface area contributed by atoms with Crippen LogP contribution in [0, 0.1) is 11.8 Å². The Morgan fingerprint density at radius 1 is 1.05 bits per heavy atom. The van der Waals surface area contributed by atoms with Crippen molar-refractivity contribution in [3.8, 4) is 0 Å². The fourth-order valence-corrected chi connectivity index (χ4v) is 2.42. The zero-order chi connectivity index (χ0) is 16.2. The van der Waals surface area contributed by atoms with Crippen molar-refractivity contribution in [1.29, 1.82) is 0 Å². The third-order valence-electron chi connectivity index (χ3n) is 3.59. The van der Waals surface area contributed by atoms with Gasteiger partial charge in [-0.1, -0.05) is 30.3 Å². The van der Waals surface area contributed by atoms with E-state index in [2.05, 4.69) is 0 Å².